The molecule has 0 atom stereocenters. The van der Waals surface area contributed by atoms with E-state index >= 15 is 0 Å². The van der Waals surface area contributed by atoms with Gasteiger partial charge in [0.25, 0.3) is 0 Å². The number of amidine groups is 1. The Morgan fingerprint density at radius 2 is 2.21 bits per heavy atom. The average molecular weight is 263 g/mol. The van der Waals surface area contributed by atoms with Crippen molar-refractivity contribution >= 4 is 11.5 Å². The Bertz CT molecular complexity index is 486. The predicted molar refractivity (Wildman–Crippen MR) is 75.7 cm³/mol. The van der Waals surface area contributed by atoms with Crippen LogP contribution in [-0.4, -0.2) is 53.1 Å². The van der Waals surface area contributed by atoms with Crippen LogP contribution in [0.5, 0.6) is 0 Å². The van der Waals surface area contributed by atoms with Gasteiger partial charge < -0.3 is 15.8 Å². The maximum Gasteiger partial charge on any atom is 0.190 e. The maximum atomic E-state index is 8.85. The van der Waals surface area contributed by atoms with E-state index in [9.17, 15) is 0 Å². The molecule has 1 aromatic rings. The van der Waals surface area contributed by atoms with E-state index < -0.39 is 0 Å². The third-order valence-electron chi connectivity index (χ3n) is 3.79. The molecule has 19 heavy (non-hydrogen) atoms. The summed E-state index contributed by atoms with van der Waals surface area (Å²) in [7, 11) is 2.13. The number of hydrogen-bond donors (Lipinski definition) is 2. The summed E-state index contributed by atoms with van der Waals surface area (Å²) in [6.45, 7) is 7.16. The van der Waals surface area contributed by atoms with Gasteiger partial charge in [-0.05, 0) is 33.0 Å². The lowest BCUT2D eigenvalue weighted by Crippen LogP contribution is -2.58. The Morgan fingerprint density at radius 1 is 1.47 bits per heavy atom. The summed E-state index contributed by atoms with van der Waals surface area (Å²) in [5, 5.41) is 11.9. The van der Waals surface area contributed by atoms with Crippen molar-refractivity contribution in [3.8, 4) is 0 Å². The number of likely N-dealkylation sites (N-methyl/N-ethyl adjacent to an activating group) is 1. The zero-order valence-corrected chi connectivity index (χ0v) is 11.7. The van der Waals surface area contributed by atoms with E-state index in [4.69, 9.17) is 10.9 Å². The number of hydrogen-bond acceptors (Lipinski definition) is 5. The standard InChI is InChI=1S/C13H21N5O/c1-13(2)9-18(8-7-17(13)3)10-5-4-6-15-11(10)12(14)16-19/h4-6,19H,7-9H2,1-3H3,(H2,14,16). The first kappa shape index (κ1) is 13.6. The van der Waals surface area contributed by atoms with Crippen molar-refractivity contribution in [2.24, 2.45) is 10.9 Å². The Morgan fingerprint density at radius 3 is 2.84 bits per heavy atom. The first-order valence-corrected chi connectivity index (χ1v) is 6.35. The van der Waals surface area contributed by atoms with Gasteiger partial charge in [0.05, 0.1) is 5.69 Å². The average Bonchev–Trinajstić information content (AvgIpc) is 2.41. The molecule has 0 bridgehead atoms. The lowest BCUT2D eigenvalue weighted by molar-refractivity contribution is 0.139. The van der Waals surface area contributed by atoms with Crippen molar-refractivity contribution in [3.05, 3.63) is 24.0 Å². The highest BCUT2D eigenvalue weighted by Gasteiger charge is 2.32. The first-order chi connectivity index (χ1) is 8.95. The molecule has 6 nitrogen and oxygen atoms in total. The minimum absolute atomic E-state index is 0.0485. The molecule has 0 aliphatic carbocycles. The van der Waals surface area contributed by atoms with Crippen molar-refractivity contribution in [3.63, 3.8) is 0 Å². The summed E-state index contributed by atoms with van der Waals surface area (Å²) in [6, 6.07) is 3.83. The van der Waals surface area contributed by atoms with Crippen LogP contribution in [0.2, 0.25) is 0 Å². The molecule has 1 fully saturated rings. The SMILES string of the molecule is CN1CCN(c2cccnc2/C(N)=N/O)CC1(C)C. The molecule has 0 amide bonds. The van der Waals surface area contributed by atoms with Gasteiger partial charge in [0.1, 0.15) is 5.69 Å². The van der Waals surface area contributed by atoms with Crippen molar-refractivity contribution in [2.75, 3.05) is 31.6 Å². The Labute approximate surface area is 113 Å². The third-order valence-corrected chi connectivity index (χ3v) is 3.79. The van der Waals surface area contributed by atoms with Crippen molar-refractivity contribution in [1.82, 2.24) is 9.88 Å². The number of nitrogens with zero attached hydrogens (tertiary/aromatic N) is 4. The van der Waals surface area contributed by atoms with E-state index in [0.717, 1.165) is 25.3 Å². The number of pyridine rings is 1. The molecule has 1 aliphatic heterocycles. The quantitative estimate of drug-likeness (QED) is 0.355. The van der Waals surface area contributed by atoms with Crippen molar-refractivity contribution < 1.29 is 5.21 Å². The van der Waals surface area contributed by atoms with Crippen LogP contribution in [0, 0.1) is 0 Å². The van der Waals surface area contributed by atoms with Crippen LogP contribution >= 0.6 is 0 Å². The summed E-state index contributed by atoms with van der Waals surface area (Å²) in [5.74, 6) is 0.0485. The highest BCUT2D eigenvalue weighted by molar-refractivity contribution is 6.00. The van der Waals surface area contributed by atoms with Crippen LogP contribution in [0.15, 0.2) is 23.5 Å². The molecule has 3 N–H and O–H groups in total. The molecule has 2 rings (SSSR count). The predicted octanol–water partition coefficient (Wildman–Crippen LogP) is 0.707. The van der Waals surface area contributed by atoms with Gasteiger partial charge in [-0.2, -0.15) is 0 Å². The molecule has 1 aromatic heterocycles. The molecule has 1 aliphatic rings. The Balaban J connectivity index is 2.33. The van der Waals surface area contributed by atoms with Crippen LogP contribution in [0.25, 0.3) is 0 Å². The number of anilines is 1. The Kier molecular flexibility index (Phi) is 3.61. The normalized spacial score (nSPS) is 20.6. The Hall–Kier alpha value is -1.82. The monoisotopic (exact) mass is 263 g/mol. The van der Waals surface area contributed by atoms with Crippen molar-refractivity contribution in [2.45, 2.75) is 19.4 Å². The van der Waals surface area contributed by atoms with E-state index in [1.807, 2.05) is 12.1 Å². The number of piperazine rings is 1. The fourth-order valence-corrected chi connectivity index (χ4v) is 2.34. The lowest BCUT2D eigenvalue weighted by Gasteiger charge is -2.46. The van der Waals surface area contributed by atoms with E-state index in [2.05, 4.69) is 40.8 Å². The molecule has 0 unspecified atom stereocenters. The minimum atomic E-state index is 0.0485. The van der Waals surface area contributed by atoms with E-state index in [1.165, 1.54) is 0 Å². The third kappa shape index (κ3) is 2.63. The molecule has 2 heterocycles. The molecule has 0 saturated carbocycles. The molecule has 104 valence electrons. The van der Waals surface area contributed by atoms with Crippen LogP contribution in [0.4, 0.5) is 5.69 Å². The highest BCUT2D eigenvalue weighted by Crippen LogP contribution is 2.26. The summed E-state index contributed by atoms with van der Waals surface area (Å²) in [5.41, 5.74) is 7.23. The summed E-state index contributed by atoms with van der Waals surface area (Å²) in [6.07, 6.45) is 1.65. The van der Waals surface area contributed by atoms with E-state index in [-0.39, 0.29) is 11.4 Å². The van der Waals surface area contributed by atoms with E-state index in [0.29, 0.717) is 5.69 Å². The molecule has 1 saturated heterocycles. The van der Waals surface area contributed by atoms with Crippen LogP contribution in [-0.2, 0) is 0 Å². The molecule has 0 radical (unpaired) electrons. The topological polar surface area (TPSA) is 78.0 Å². The maximum absolute atomic E-state index is 8.85. The zero-order chi connectivity index (χ0) is 14.0. The second kappa shape index (κ2) is 5.05. The van der Waals surface area contributed by atoms with Gasteiger partial charge in [0, 0.05) is 31.4 Å². The van der Waals surface area contributed by atoms with Gasteiger partial charge >= 0.3 is 0 Å². The number of aromatic nitrogens is 1. The molecule has 6 heteroatoms. The highest BCUT2D eigenvalue weighted by atomic mass is 16.4. The zero-order valence-electron chi connectivity index (χ0n) is 11.7. The number of nitrogens with two attached hydrogens (primary N) is 1. The van der Waals surface area contributed by atoms with Crippen LogP contribution in [0.3, 0.4) is 0 Å². The van der Waals surface area contributed by atoms with Crippen LogP contribution < -0.4 is 10.6 Å². The van der Waals surface area contributed by atoms with Gasteiger partial charge in [0.2, 0.25) is 0 Å². The fraction of sp³-hybridized carbons (Fsp3) is 0.538. The summed E-state index contributed by atoms with van der Waals surface area (Å²) >= 11 is 0. The number of rotatable bonds is 2. The minimum Gasteiger partial charge on any atom is -0.409 e. The first-order valence-electron chi connectivity index (χ1n) is 6.35. The van der Waals surface area contributed by atoms with Gasteiger partial charge in [-0.3, -0.25) is 9.88 Å². The van der Waals surface area contributed by atoms with Crippen molar-refractivity contribution in [1.29, 1.82) is 0 Å². The lowest BCUT2D eigenvalue weighted by atomic mass is 9.99. The van der Waals surface area contributed by atoms with Gasteiger partial charge in [0.15, 0.2) is 5.84 Å². The second-order valence-electron chi connectivity index (χ2n) is 5.51. The second-order valence-corrected chi connectivity index (χ2v) is 5.51. The van der Waals surface area contributed by atoms with Gasteiger partial charge in [-0.25, -0.2) is 0 Å². The van der Waals surface area contributed by atoms with E-state index in [1.54, 1.807) is 6.20 Å². The molecular formula is C13H21N5O. The fourth-order valence-electron chi connectivity index (χ4n) is 2.34. The smallest absolute Gasteiger partial charge is 0.190 e. The molecule has 0 aromatic carbocycles. The summed E-state index contributed by atoms with van der Waals surface area (Å²) in [4.78, 5) is 8.79. The summed E-state index contributed by atoms with van der Waals surface area (Å²) < 4.78 is 0. The van der Waals surface area contributed by atoms with Crippen LogP contribution in [0.1, 0.15) is 19.5 Å². The van der Waals surface area contributed by atoms with Gasteiger partial charge in [-0.15, -0.1) is 0 Å². The van der Waals surface area contributed by atoms with Gasteiger partial charge in [-0.1, -0.05) is 5.16 Å². The number of oxime groups is 1. The molecular weight excluding hydrogens is 242 g/mol. The molecule has 0 spiro atoms. The largest absolute Gasteiger partial charge is 0.409 e.